The van der Waals surface area contributed by atoms with Crippen LogP contribution in [-0.2, 0) is 11.3 Å². The fraction of sp³-hybridized carbons (Fsp3) is 0.297. The molecule has 1 unspecified atom stereocenters. The highest BCUT2D eigenvalue weighted by atomic mass is 16.5. The molecule has 4 aromatic rings. The lowest BCUT2D eigenvalue weighted by Gasteiger charge is -2.43. The maximum atomic E-state index is 7.22. The standard InChI is InChI=1S/C35H37NO2.C2H6/c1-9-12-15-26(10-2)22-36-34(7,8)32-23(4)18-19-24(5)33(32)35(36,11-3)38-28-20-21-30-31(25(28)6)27-16-13-14-17-29(27)37-30;1-2/h9-21H,2-3,22H2,1,4-8H3;1-2H3/b12-9-,26-15+;. The molecule has 1 atom stereocenters. The maximum Gasteiger partial charge on any atom is 0.210 e. The highest BCUT2D eigenvalue weighted by Gasteiger charge is 2.56. The smallest absolute Gasteiger partial charge is 0.210 e. The predicted octanol–water partition coefficient (Wildman–Crippen LogP) is 10.2. The van der Waals surface area contributed by atoms with Crippen molar-refractivity contribution in [1.82, 2.24) is 4.90 Å². The Labute approximate surface area is 240 Å². The van der Waals surface area contributed by atoms with Crippen LogP contribution < -0.4 is 4.74 Å². The summed E-state index contributed by atoms with van der Waals surface area (Å²) in [4.78, 5) is 2.42. The molecule has 3 heteroatoms. The van der Waals surface area contributed by atoms with E-state index in [9.17, 15) is 0 Å². The zero-order chi connectivity index (χ0) is 29.2. The number of furan rings is 1. The van der Waals surface area contributed by atoms with Crippen LogP contribution >= 0.6 is 0 Å². The quantitative estimate of drug-likeness (QED) is 0.175. The lowest BCUT2D eigenvalue weighted by atomic mass is 9.86. The van der Waals surface area contributed by atoms with Crippen LogP contribution in [0.2, 0.25) is 0 Å². The first-order valence-electron chi connectivity index (χ1n) is 14.3. The first kappa shape index (κ1) is 29.2. The summed E-state index contributed by atoms with van der Waals surface area (Å²) in [6.45, 7) is 26.2. The van der Waals surface area contributed by atoms with Gasteiger partial charge in [0.2, 0.25) is 5.72 Å². The van der Waals surface area contributed by atoms with Crippen LogP contribution in [0.3, 0.4) is 0 Å². The molecule has 1 aliphatic rings. The molecule has 0 amide bonds. The van der Waals surface area contributed by atoms with E-state index in [-0.39, 0.29) is 5.54 Å². The molecule has 0 radical (unpaired) electrons. The summed E-state index contributed by atoms with van der Waals surface area (Å²) in [7, 11) is 0. The van der Waals surface area contributed by atoms with Gasteiger partial charge in [-0.15, -0.1) is 0 Å². The van der Waals surface area contributed by atoms with Gasteiger partial charge in [-0.25, -0.2) is 4.90 Å². The van der Waals surface area contributed by atoms with E-state index in [0.29, 0.717) is 6.54 Å². The zero-order valence-corrected chi connectivity index (χ0v) is 25.4. The van der Waals surface area contributed by atoms with E-state index in [4.69, 9.17) is 9.15 Å². The van der Waals surface area contributed by atoms with E-state index in [1.165, 1.54) is 22.3 Å². The van der Waals surface area contributed by atoms with Crippen LogP contribution in [-0.4, -0.2) is 11.4 Å². The monoisotopic (exact) mass is 533 g/mol. The number of rotatable bonds is 7. The largest absolute Gasteiger partial charge is 0.464 e. The van der Waals surface area contributed by atoms with Crippen LogP contribution in [0.5, 0.6) is 5.75 Å². The molecule has 3 aromatic carbocycles. The predicted molar refractivity (Wildman–Crippen MR) is 171 cm³/mol. The first-order valence-corrected chi connectivity index (χ1v) is 14.3. The van der Waals surface area contributed by atoms with Gasteiger partial charge in [-0.2, -0.15) is 0 Å². The van der Waals surface area contributed by atoms with Gasteiger partial charge in [0, 0.05) is 34.0 Å². The molecule has 1 aromatic heterocycles. The third-order valence-electron chi connectivity index (χ3n) is 8.07. The van der Waals surface area contributed by atoms with Crippen molar-refractivity contribution in [3.63, 3.8) is 0 Å². The molecular weight excluding hydrogens is 490 g/mol. The molecule has 0 N–H and O–H groups in total. The van der Waals surface area contributed by atoms with Crippen LogP contribution in [0.25, 0.3) is 21.9 Å². The molecule has 0 aliphatic carbocycles. The number of nitrogens with zero attached hydrogens (tertiary/aromatic N) is 1. The summed E-state index contributed by atoms with van der Waals surface area (Å²) < 4.78 is 13.4. The number of aryl methyl sites for hydroxylation is 3. The second kappa shape index (κ2) is 11.3. The molecule has 0 saturated carbocycles. The van der Waals surface area contributed by atoms with Gasteiger partial charge >= 0.3 is 0 Å². The number of para-hydroxylation sites is 1. The highest BCUT2D eigenvalue weighted by Crippen LogP contribution is 2.54. The van der Waals surface area contributed by atoms with Crippen molar-refractivity contribution in [3.8, 4) is 5.75 Å². The van der Waals surface area contributed by atoms with Crippen molar-refractivity contribution in [3.05, 3.63) is 125 Å². The Bertz CT molecular complexity index is 1630. The Morgan fingerprint density at radius 3 is 2.25 bits per heavy atom. The molecule has 0 bridgehead atoms. The van der Waals surface area contributed by atoms with Gasteiger partial charge in [-0.05, 0) is 88.1 Å². The van der Waals surface area contributed by atoms with E-state index >= 15 is 0 Å². The Morgan fingerprint density at radius 1 is 0.925 bits per heavy atom. The number of hydrogen-bond acceptors (Lipinski definition) is 3. The summed E-state index contributed by atoms with van der Waals surface area (Å²) in [5.41, 5.74) is 7.60. The number of hydrogen-bond donors (Lipinski definition) is 0. The third kappa shape index (κ3) is 4.53. The molecule has 0 spiro atoms. The van der Waals surface area contributed by atoms with Gasteiger partial charge in [0.15, 0.2) is 0 Å². The Morgan fingerprint density at radius 2 is 1.60 bits per heavy atom. The second-order valence-electron chi connectivity index (χ2n) is 10.7. The minimum Gasteiger partial charge on any atom is -0.464 e. The third-order valence-corrected chi connectivity index (χ3v) is 8.07. The summed E-state index contributed by atoms with van der Waals surface area (Å²) >= 11 is 0. The van der Waals surface area contributed by atoms with Crippen LogP contribution in [0.1, 0.15) is 62.4 Å². The Balaban J connectivity index is 0.00000181. The minimum absolute atomic E-state index is 0.321. The van der Waals surface area contributed by atoms with E-state index < -0.39 is 5.72 Å². The van der Waals surface area contributed by atoms with Gasteiger partial charge in [-0.1, -0.05) is 81.6 Å². The maximum absolute atomic E-state index is 7.22. The van der Waals surface area contributed by atoms with Gasteiger partial charge in [0.1, 0.15) is 16.9 Å². The molecule has 0 fully saturated rings. The molecular formula is C37H43NO2. The molecule has 208 valence electrons. The van der Waals surface area contributed by atoms with E-state index in [1.807, 2.05) is 69.3 Å². The van der Waals surface area contributed by atoms with Crippen molar-refractivity contribution in [2.45, 2.75) is 66.7 Å². The number of allylic oxidation sites excluding steroid dienone is 3. The topological polar surface area (TPSA) is 25.6 Å². The number of ether oxygens (including phenoxy) is 1. The highest BCUT2D eigenvalue weighted by molar-refractivity contribution is 6.07. The normalized spacial score (nSPS) is 18.6. The summed E-state index contributed by atoms with van der Waals surface area (Å²) in [6.07, 6.45) is 10.1. The van der Waals surface area contributed by atoms with Gasteiger partial charge in [0.05, 0.1) is 0 Å². The van der Waals surface area contributed by atoms with Crippen LogP contribution in [0, 0.1) is 20.8 Å². The Hall–Kier alpha value is -3.82. The summed E-state index contributed by atoms with van der Waals surface area (Å²) in [5.74, 6) is 0.816. The van der Waals surface area contributed by atoms with Crippen molar-refractivity contribution in [2.75, 3.05) is 6.54 Å². The Kier molecular flexibility index (Phi) is 8.28. The fourth-order valence-corrected chi connectivity index (χ4v) is 6.26. The molecule has 3 nitrogen and oxygen atoms in total. The molecule has 2 heterocycles. The first-order chi connectivity index (χ1) is 19.2. The lowest BCUT2D eigenvalue weighted by molar-refractivity contribution is -0.0788. The molecule has 40 heavy (non-hydrogen) atoms. The van der Waals surface area contributed by atoms with E-state index in [1.54, 1.807) is 0 Å². The average molecular weight is 534 g/mol. The van der Waals surface area contributed by atoms with Crippen molar-refractivity contribution in [1.29, 1.82) is 0 Å². The molecule has 5 rings (SSSR count). The average Bonchev–Trinajstić information content (AvgIpc) is 3.43. The number of benzene rings is 3. The van der Waals surface area contributed by atoms with E-state index in [0.717, 1.165) is 38.8 Å². The summed E-state index contributed by atoms with van der Waals surface area (Å²) in [5, 5.41) is 2.18. The zero-order valence-electron chi connectivity index (χ0n) is 25.4. The van der Waals surface area contributed by atoms with Crippen molar-refractivity contribution < 1.29 is 9.15 Å². The van der Waals surface area contributed by atoms with Crippen LogP contribution in [0.15, 0.2) is 102 Å². The van der Waals surface area contributed by atoms with Crippen molar-refractivity contribution >= 4 is 21.9 Å². The van der Waals surface area contributed by atoms with Crippen molar-refractivity contribution in [2.24, 2.45) is 0 Å². The molecule has 0 saturated heterocycles. The van der Waals surface area contributed by atoms with Gasteiger partial charge in [-0.3, -0.25) is 0 Å². The van der Waals surface area contributed by atoms with Gasteiger partial charge < -0.3 is 9.15 Å². The fourth-order valence-electron chi connectivity index (χ4n) is 6.26. The second-order valence-corrected chi connectivity index (χ2v) is 10.7. The lowest BCUT2D eigenvalue weighted by Crippen LogP contribution is -2.52. The van der Waals surface area contributed by atoms with Crippen LogP contribution in [0.4, 0.5) is 0 Å². The SMILES string of the molecule is C=C/C(=C\C=C/C)CN1C(C)(C)c2c(C)ccc(C)c2C1(C=C)Oc1ccc2oc3ccccc3c2c1C.CC. The molecule has 1 aliphatic heterocycles. The van der Waals surface area contributed by atoms with E-state index in [2.05, 4.69) is 83.0 Å². The van der Waals surface area contributed by atoms with Gasteiger partial charge in [0.25, 0.3) is 0 Å². The summed E-state index contributed by atoms with van der Waals surface area (Å²) in [6, 6.07) is 16.6. The minimum atomic E-state index is -0.884. The number of fused-ring (bicyclic) bond motifs is 4.